The molecule has 0 heterocycles. The Bertz CT molecular complexity index is 643. The van der Waals surface area contributed by atoms with Crippen LogP contribution in [0.5, 0.6) is 0 Å². The summed E-state index contributed by atoms with van der Waals surface area (Å²) in [5.41, 5.74) is 0. The Labute approximate surface area is 128 Å². The third-order valence-corrected chi connectivity index (χ3v) is 4.20. The van der Waals surface area contributed by atoms with Gasteiger partial charge in [-0.1, -0.05) is 0 Å². The number of benzene rings is 1. The van der Waals surface area contributed by atoms with Crippen molar-refractivity contribution in [2.24, 2.45) is 0 Å². The zero-order valence-corrected chi connectivity index (χ0v) is 13.2. The molecule has 1 aromatic carbocycles. The monoisotopic (exact) mass is 332 g/mol. The van der Waals surface area contributed by atoms with Crippen LogP contribution < -0.4 is 4.72 Å². The number of likely N-dealkylation sites (N-methyl/N-ethyl adjacent to an activating group) is 1. The van der Waals surface area contributed by atoms with Gasteiger partial charge in [0.05, 0.1) is 4.90 Å². The van der Waals surface area contributed by atoms with Gasteiger partial charge < -0.3 is 9.64 Å². The molecule has 0 fully saturated rings. The van der Waals surface area contributed by atoms with Gasteiger partial charge >= 0.3 is 5.97 Å². The molecule has 7 nitrogen and oxygen atoms in total. The van der Waals surface area contributed by atoms with Gasteiger partial charge in [0, 0.05) is 14.1 Å². The van der Waals surface area contributed by atoms with Crippen LogP contribution in [0.1, 0.15) is 6.92 Å². The zero-order chi connectivity index (χ0) is 16.9. The minimum atomic E-state index is -3.99. The first-order valence-corrected chi connectivity index (χ1v) is 7.76. The highest BCUT2D eigenvalue weighted by Gasteiger charge is 2.23. The van der Waals surface area contributed by atoms with Gasteiger partial charge in [-0.3, -0.25) is 9.59 Å². The van der Waals surface area contributed by atoms with E-state index in [1.54, 1.807) is 0 Å². The quantitative estimate of drug-likeness (QED) is 0.747. The Morgan fingerprint density at radius 2 is 1.82 bits per heavy atom. The van der Waals surface area contributed by atoms with Crippen molar-refractivity contribution in [3.8, 4) is 0 Å². The molecule has 1 aromatic rings. The maximum atomic E-state index is 12.8. The Balaban J connectivity index is 2.66. The van der Waals surface area contributed by atoms with E-state index >= 15 is 0 Å². The summed E-state index contributed by atoms with van der Waals surface area (Å²) in [6.07, 6.45) is 0. The van der Waals surface area contributed by atoms with Gasteiger partial charge in [0.15, 0.2) is 6.61 Å². The zero-order valence-electron chi connectivity index (χ0n) is 12.4. The number of ether oxygens (including phenoxy) is 1. The molecule has 1 amide bonds. The van der Waals surface area contributed by atoms with Crippen molar-refractivity contribution in [2.45, 2.75) is 17.9 Å². The summed E-state index contributed by atoms with van der Waals surface area (Å²) in [5.74, 6) is -1.89. The smallest absolute Gasteiger partial charge is 0.324 e. The minimum Gasteiger partial charge on any atom is -0.454 e. The fourth-order valence-electron chi connectivity index (χ4n) is 1.35. The molecule has 0 saturated heterocycles. The highest BCUT2D eigenvalue weighted by Crippen LogP contribution is 2.10. The van der Waals surface area contributed by atoms with Gasteiger partial charge in [-0.2, -0.15) is 4.72 Å². The van der Waals surface area contributed by atoms with E-state index in [0.29, 0.717) is 0 Å². The number of carbonyl (C=O) groups is 2. The largest absolute Gasteiger partial charge is 0.454 e. The summed E-state index contributed by atoms with van der Waals surface area (Å²) in [7, 11) is -0.995. The lowest BCUT2D eigenvalue weighted by Gasteiger charge is -2.15. The lowest BCUT2D eigenvalue weighted by Crippen LogP contribution is -2.40. The molecule has 1 atom stereocenters. The van der Waals surface area contributed by atoms with E-state index in [1.165, 1.54) is 25.9 Å². The number of carbonyl (C=O) groups excluding carboxylic acids is 2. The van der Waals surface area contributed by atoms with E-state index in [4.69, 9.17) is 4.74 Å². The Morgan fingerprint density at radius 1 is 1.27 bits per heavy atom. The fraction of sp³-hybridized carbons (Fsp3) is 0.385. The van der Waals surface area contributed by atoms with Crippen molar-refractivity contribution in [3.05, 3.63) is 30.1 Å². The molecular formula is C13H17FN2O5S. The van der Waals surface area contributed by atoms with E-state index < -0.39 is 40.4 Å². The van der Waals surface area contributed by atoms with Crippen molar-refractivity contribution < 1.29 is 27.1 Å². The number of halogens is 1. The van der Waals surface area contributed by atoms with Crippen LogP contribution in [0.2, 0.25) is 0 Å². The molecular weight excluding hydrogens is 315 g/mol. The first-order chi connectivity index (χ1) is 10.1. The number of rotatable bonds is 6. The van der Waals surface area contributed by atoms with Crippen LogP contribution >= 0.6 is 0 Å². The second-order valence-electron chi connectivity index (χ2n) is 4.69. The van der Waals surface area contributed by atoms with Crippen LogP contribution in [0.25, 0.3) is 0 Å². The number of amides is 1. The summed E-state index contributed by atoms with van der Waals surface area (Å²) in [6.45, 7) is 0.804. The molecule has 0 bridgehead atoms. The van der Waals surface area contributed by atoms with Crippen LogP contribution in [-0.2, 0) is 24.3 Å². The SMILES string of the molecule is C[C@H](NS(=O)(=O)c1ccc(F)cc1)C(=O)OCC(=O)N(C)C. The van der Waals surface area contributed by atoms with Gasteiger partial charge in [0.2, 0.25) is 10.0 Å². The van der Waals surface area contributed by atoms with Crippen LogP contribution in [0.3, 0.4) is 0 Å². The van der Waals surface area contributed by atoms with Gasteiger partial charge in [-0.25, -0.2) is 12.8 Å². The Morgan fingerprint density at radius 3 is 2.32 bits per heavy atom. The molecule has 22 heavy (non-hydrogen) atoms. The second-order valence-corrected chi connectivity index (χ2v) is 6.41. The second kappa shape index (κ2) is 7.32. The average Bonchev–Trinajstić information content (AvgIpc) is 2.44. The number of hydrogen-bond acceptors (Lipinski definition) is 5. The third kappa shape index (κ3) is 5.08. The van der Waals surface area contributed by atoms with Crippen LogP contribution in [0, 0.1) is 5.82 Å². The summed E-state index contributed by atoms with van der Waals surface area (Å²) in [6, 6.07) is 2.95. The van der Waals surface area contributed by atoms with Crippen molar-refractivity contribution in [3.63, 3.8) is 0 Å². The molecule has 1 N–H and O–H groups in total. The summed E-state index contributed by atoms with van der Waals surface area (Å²) >= 11 is 0. The molecule has 9 heteroatoms. The lowest BCUT2D eigenvalue weighted by atomic mass is 10.4. The summed E-state index contributed by atoms with van der Waals surface area (Å²) in [5, 5.41) is 0. The van der Waals surface area contributed by atoms with Gasteiger partial charge in [0.1, 0.15) is 11.9 Å². The van der Waals surface area contributed by atoms with Crippen molar-refractivity contribution in [1.29, 1.82) is 0 Å². The first-order valence-electron chi connectivity index (χ1n) is 6.28. The number of nitrogens with zero attached hydrogens (tertiary/aromatic N) is 1. The molecule has 0 aliphatic heterocycles. The predicted molar refractivity (Wildman–Crippen MR) is 75.8 cm³/mol. The third-order valence-electron chi connectivity index (χ3n) is 2.65. The number of sulfonamides is 1. The molecule has 0 aliphatic rings. The number of esters is 1. The van der Waals surface area contributed by atoms with Gasteiger partial charge in [0.25, 0.3) is 5.91 Å². The Hall–Kier alpha value is -2.00. The van der Waals surface area contributed by atoms with E-state index in [2.05, 4.69) is 4.72 Å². The highest BCUT2D eigenvalue weighted by atomic mass is 32.2. The molecule has 0 aliphatic carbocycles. The lowest BCUT2D eigenvalue weighted by molar-refractivity contribution is -0.152. The molecule has 0 saturated carbocycles. The number of nitrogens with one attached hydrogen (secondary N) is 1. The molecule has 1 rings (SSSR count). The predicted octanol–water partition coefficient (Wildman–Crippen LogP) is 0.124. The molecule has 0 spiro atoms. The van der Waals surface area contributed by atoms with Crippen molar-refractivity contribution in [1.82, 2.24) is 9.62 Å². The van der Waals surface area contributed by atoms with E-state index in [-0.39, 0.29) is 4.90 Å². The highest BCUT2D eigenvalue weighted by molar-refractivity contribution is 7.89. The summed E-state index contributed by atoms with van der Waals surface area (Å²) < 4.78 is 43.6. The number of hydrogen-bond donors (Lipinski definition) is 1. The Kier molecular flexibility index (Phi) is 6.01. The van der Waals surface area contributed by atoms with Crippen molar-refractivity contribution >= 4 is 21.9 Å². The molecule has 0 radical (unpaired) electrons. The maximum absolute atomic E-state index is 12.8. The average molecular weight is 332 g/mol. The fourth-order valence-corrected chi connectivity index (χ4v) is 2.54. The van der Waals surface area contributed by atoms with Crippen molar-refractivity contribution in [2.75, 3.05) is 20.7 Å². The van der Waals surface area contributed by atoms with Gasteiger partial charge in [-0.05, 0) is 31.2 Å². The minimum absolute atomic E-state index is 0.182. The molecule has 122 valence electrons. The van der Waals surface area contributed by atoms with E-state index in [0.717, 1.165) is 24.3 Å². The molecule has 0 aromatic heterocycles. The van der Waals surface area contributed by atoms with Crippen LogP contribution in [0.4, 0.5) is 4.39 Å². The maximum Gasteiger partial charge on any atom is 0.324 e. The standard InChI is InChI=1S/C13H17FN2O5S/c1-9(13(18)21-8-12(17)16(2)3)15-22(19,20)11-6-4-10(14)5-7-11/h4-7,9,15H,8H2,1-3H3/t9-/m0/s1. The van der Waals surface area contributed by atoms with E-state index in [1.807, 2.05) is 0 Å². The van der Waals surface area contributed by atoms with Crippen LogP contribution in [-0.4, -0.2) is 51.9 Å². The normalized spacial score (nSPS) is 12.5. The molecule has 0 unspecified atom stereocenters. The first kappa shape index (κ1) is 18.1. The van der Waals surface area contributed by atoms with Gasteiger partial charge in [-0.15, -0.1) is 0 Å². The topological polar surface area (TPSA) is 92.8 Å². The van der Waals surface area contributed by atoms with Crippen LogP contribution in [0.15, 0.2) is 29.2 Å². The summed E-state index contributed by atoms with van der Waals surface area (Å²) in [4.78, 5) is 24.0. The van der Waals surface area contributed by atoms with E-state index in [9.17, 15) is 22.4 Å².